The third-order valence-electron chi connectivity index (χ3n) is 2.20. The van der Waals surface area contributed by atoms with E-state index in [9.17, 15) is 18.0 Å². The van der Waals surface area contributed by atoms with E-state index in [1.165, 1.54) is 6.92 Å². The van der Waals surface area contributed by atoms with Gasteiger partial charge in [-0.25, -0.2) is 9.78 Å². The molecule has 0 amide bonds. The highest BCUT2D eigenvalue weighted by Crippen LogP contribution is 2.30. The standard InChI is InChI=1S/C10H13F3N2O2S/c1-5(2)15(4-10(11,12)13)9-14-6(3)7(18-9)8(16)17/h5H,4H2,1-3H3,(H,16,17). The molecule has 0 spiro atoms. The molecule has 0 aliphatic heterocycles. The number of aromatic carboxylic acids is 1. The minimum atomic E-state index is -4.35. The van der Waals surface area contributed by atoms with Crippen LogP contribution in [0.15, 0.2) is 0 Å². The average molecular weight is 282 g/mol. The summed E-state index contributed by atoms with van der Waals surface area (Å²) in [5.74, 6) is -1.17. The SMILES string of the molecule is Cc1nc(N(CC(F)(F)F)C(C)C)sc1C(=O)O. The molecule has 0 aliphatic carbocycles. The number of carboxylic acids is 1. The first-order valence-electron chi connectivity index (χ1n) is 5.16. The van der Waals surface area contributed by atoms with Gasteiger partial charge in [-0.3, -0.25) is 0 Å². The highest BCUT2D eigenvalue weighted by Gasteiger charge is 2.33. The zero-order valence-corrected chi connectivity index (χ0v) is 10.9. The molecule has 0 fully saturated rings. The largest absolute Gasteiger partial charge is 0.477 e. The maximum absolute atomic E-state index is 12.4. The maximum atomic E-state index is 12.4. The van der Waals surface area contributed by atoms with E-state index in [4.69, 9.17) is 5.11 Å². The van der Waals surface area contributed by atoms with Crippen molar-refractivity contribution >= 4 is 22.4 Å². The lowest BCUT2D eigenvalue weighted by molar-refractivity contribution is -0.120. The van der Waals surface area contributed by atoms with Gasteiger partial charge in [-0.15, -0.1) is 0 Å². The van der Waals surface area contributed by atoms with Gasteiger partial charge in [0, 0.05) is 6.04 Å². The summed E-state index contributed by atoms with van der Waals surface area (Å²) in [6, 6.07) is -0.418. The second-order valence-electron chi connectivity index (χ2n) is 4.05. The van der Waals surface area contributed by atoms with Crippen molar-refractivity contribution in [2.24, 2.45) is 0 Å². The molecule has 0 radical (unpaired) electrons. The van der Waals surface area contributed by atoms with Gasteiger partial charge < -0.3 is 10.0 Å². The fourth-order valence-electron chi connectivity index (χ4n) is 1.37. The summed E-state index contributed by atoms with van der Waals surface area (Å²) < 4.78 is 37.3. The quantitative estimate of drug-likeness (QED) is 0.922. The third-order valence-corrected chi connectivity index (χ3v) is 3.38. The number of halogens is 3. The Morgan fingerprint density at radius 1 is 1.50 bits per heavy atom. The lowest BCUT2D eigenvalue weighted by Gasteiger charge is -2.26. The number of hydrogen-bond acceptors (Lipinski definition) is 4. The molecule has 0 aromatic carbocycles. The number of rotatable bonds is 4. The van der Waals surface area contributed by atoms with Crippen LogP contribution >= 0.6 is 11.3 Å². The molecule has 4 nitrogen and oxygen atoms in total. The van der Waals surface area contributed by atoms with E-state index >= 15 is 0 Å². The molecule has 8 heteroatoms. The third kappa shape index (κ3) is 3.59. The minimum Gasteiger partial charge on any atom is -0.477 e. The number of carbonyl (C=O) groups is 1. The fourth-order valence-corrected chi connectivity index (χ4v) is 2.41. The van der Waals surface area contributed by atoms with E-state index < -0.39 is 24.7 Å². The predicted octanol–water partition coefficient (Wildman–Crippen LogP) is 2.93. The van der Waals surface area contributed by atoms with Gasteiger partial charge in [-0.1, -0.05) is 11.3 Å². The van der Waals surface area contributed by atoms with Crippen molar-refractivity contribution in [2.75, 3.05) is 11.4 Å². The van der Waals surface area contributed by atoms with Crippen LogP contribution in [0.2, 0.25) is 0 Å². The Balaban J connectivity index is 3.07. The van der Waals surface area contributed by atoms with E-state index in [0.29, 0.717) is 0 Å². The van der Waals surface area contributed by atoms with Gasteiger partial charge in [0.05, 0.1) is 5.69 Å². The van der Waals surface area contributed by atoms with Crippen LogP contribution in [0.1, 0.15) is 29.2 Å². The van der Waals surface area contributed by atoms with Crippen LogP contribution < -0.4 is 4.90 Å². The first-order chi connectivity index (χ1) is 8.11. The molecule has 0 bridgehead atoms. The van der Waals surface area contributed by atoms with E-state index in [2.05, 4.69) is 4.98 Å². The van der Waals surface area contributed by atoms with Crippen molar-refractivity contribution in [1.82, 2.24) is 4.98 Å². The van der Waals surface area contributed by atoms with Gasteiger partial charge in [-0.05, 0) is 20.8 Å². The lowest BCUT2D eigenvalue weighted by atomic mass is 10.3. The molecule has 1 rings (SSSR count). The summed E-state index contributed by atoms with van der Waals surface area (Å²) in [5, 5.41) is 8.94. The van der Waals surface area contributed by atoms with Crippen LogP contribution in [-0.4, -0.2) is 34.8 Å². The van der Waals surface area contributed by atoms with Crippen LogP contribution in [0.3, 0.4) is 0 Å². The van der Waals surface area contributed by atoms with Crippen molar-refractivity contribution < 1.29 is 23.1 Å². The molecule has 0 saturated carbocycles. The normalized spacial score (nSPS) is 11.9. The Morgan fingerprint density at radius 3 is 2.39 bits per heavy atom. The van der Waals surface area contributed by atoms with Crippen LogP contribution in [0.5, 0.6) is 0 Å². The monoisotopic (exact) mass is 282 g/mol. The van der Waals surface area contributed by atoms with Gasteiger partial charge in [-0.2, -0.15) is 13.2 Å². The lowest BCUT2D eigenvalue weighted by Crippen LogP contribution is -2.39. The van der Waals surface area contributed by atoms with Crippen LogP contribution in [0.4, 0.5) is 18.3 Å². The number of hydrogen-bond donors (Lipinski definition) is 1. The number of aromatic nitrogens is 1. The van der Waals surface area contributed by atoms with Crippen LogP contribution in [-0.2, 0) is 0 Å². The molecular weight excluding hydrogens is 269 g/mol. The second kappa shape index (κ2) is 5.13. The van der Waals surface area contributed by atoms with Gasteiger partial charge in [0.2, 0.25) is 0 Å². The first-order valence-corrected chi connectivity index (χ1v) is 5.97. The highest BCUT2D eigenvalue weighted by molar-refractivity contribution is 7.17. The minimum absolute atomic E-state index is 0.0298. The summed E-state index contributed by atoms with van der Waals surface area (Å²) in [6.07, 6.45) is -4.35. The number of anilines is 1. The number of carboxylic acid groups (broad SMARTS) is 1. The van der Waals surface area contributed by atoms with Crippen LogP contribution in [0.25, 0.3) is 0 Å². The van der Waals surface area contributed by atoms with Gasteiger partial charge in [0.25, 0.3) is 0 Å². The summed E-state index contributed by atoms with van der Waals surface area (Å²) in [5.41, 5.74) is 0.232. The zero-order valence-electron chi connectivity index (χ0n) is 10.1. The fraction of sp³-hybridized carbons (Fsp3) is 0.600. The number of nitrogens with zero attached hydrogens (tertiary/aromatic N) is 2. The number of thiazole rings is 1. The topological polar surface area (TPSA) is 53.4 Å². The van der Waals surface area contributed by atoms with Crippen molar-refractivity contribution in [2.45, 2.75) is 33.0 Å². The molecule has 18 heavy (non-hydrogen) atoms. The van der Waals surface area contributed by atoms with Crippen LogP contribution in [0, 0.1) is 6.92 Å². The molecule has 0 atom stereocenters. The summed E-state index contributed by atoms with van der Waals surface area (Å²) in [6.45, 7) is 3.53. The molecule has 1 aromatic heterocycles. The summed E-state index contributed by atoms with van der Waals surface area (Å²) >= 11 is 0.760. The molecular formula is C10H13F3N2O2S. The zero-order chi connectivity index (χ0) is 14.1. The highest BCUT2D eigenvalue weighted by atomic mass is 32.1. The number of alkyl halides is 3. The Morgan fingerprint density at radius 2 is 2.06 bits per heavy atom. The Kier molecular flexibility index (Phi) is 4.20. The second-order valence-corrected chi connectivity index (χ2v) is 5.03. The molecule has 0 saturated heterocycles. The van der Waals surface area contributed by atoms with E-state index in [0.717, 1.165) is 16.2 Å². The molecule has 1 heterocycles. The number of aryl methyl sites for hydroxylation is 1. The van der Waals surface area contributed by atoms with Gasteiger partial charge in [0.15, 0.2) is 5.13 Å². The molecule has 102 valence electrons. The Labute approximate surface area is 106 Å². The molecule has 0 unspecified atom stereocenters. The smallest absolute Gasteiger partial charge is 0.406 e. The molecule has 1 N–H and O–H groups in total. The molecule has 0 aliphatic rings. The average Bonchev–Trinajstić information content (AvgIpc) is 2.54. The molecule has 1 aromatic rings. The van der Waals surface area contributed by atoms with Crippen molar-refractivity contribution in [3.05, 3.63) is 10.6 Å². The van der Waals surface area contributed by atoms with E-state index in [-0.39, 0.29) is 15.7 Å². The van der Waals surface area contributed by atoms with Crippen molar-refractivity contribution in [3.8, 4) is 0 Å². The van der Waals surface area contributed by atoms with E-state index in [1.54, 1.807) is 13.8 Å². The van der Waals surface area contributed by atoms with Gasteiger partial charge >= 0.3 is 12.1 Å². The predicted molar refractivity (Wildman–Crippen MR) is 62.3 cm³/mol. The Bertz CT molecular complexity index is 443. The maximum Gasteiger partial charge on any atom is 0.406 e. The Hall–Kier alpha value is -1.31. The summed E-state index contributed by atoms with van der Waals surface area (Å²) in [4.78, 5) is 15.8. The first kappa shape index (κ1) is 14.7. The van der Waals surface area contributed by atoms with Crippen molar-refractivity contribution in [1.29, 1.82) is 0 Å². The van der Waals surface area contributed by atoms with Gasteiger partial charge in [0.1, 0.15) is 11.4 Å². The summed E-state index contributed by atoms with van der Waals surface area (Å²) in [7, 11) is 0. The van der Waals surface area contributed by atoms with E-state index in [1.807, 2.05) is 0 Å². The van der Waals surface area contributed by atoms with Crippen molar-refractivity contribution in [3.63, 3.8) is 0 Å².